The van der Waals surface area contributed by atoms with Crippen molar-refractivity contribution in [1.29, 1.82) is 0 Å². The van der Waals surface area contributed by atoms with Gasteiger partial charge in [-0.3, -0.25) is 4.79 Å². The van der Waals surface area contributed by atoms with Crippen LogP contribution in [-0.4, -0.2) is 10.8 Å². The Morgan fingerprint density at radius 1 is 0.958 bits per heavy atom. The zero-order chi connectivity index (χ0) is 16.9. The van der Waals surface area contributed by atoms with E-state index < -0.39 is 0 Å². The van der Waals surface area contributed by atoms with Gasteiger partial charge < -0.3 is 9.32 Å². The van der Waals surface area contributed by atoms with Crippen LogP contribution in [0.2, 0.25) is 10.0 Å². The van der Waals surface area contributed by atoms with Gasteiger partial charge in [-0.2, -0.15) is 0 Å². The summed E-state index contributed by atoms with van der Waals surface area (Å²) in [6.07, 6.45) is 1.59. The van der Waals surface area contributed by atoms with Crippen LogP contribution in [-0.2, 0) is 13.1 Å². The van der Waals surface area contributed by atoms with Crippen LogP contribution in [0.25, 0.3) is 0 Å². The van der Waals surface area contributed by atoms with Crippen molar-refractivity contribution < 1.29 is 9.21 Å². The minimum atomic E-state index is -0.170. The van der Waals surface area contributed by atoms with Gasteiger partial charge in [0.2, 0.25) is 0 Å². The topological polar surface area (TPSA) is 33.5 Å². The minimum Gasteiger partial charge on any atom is -0.467 e. The lowest BCUT2D eigenvalue weighted by Gasteiger charge is -2.22. The van der Waals surface area contributed by atoms with Crippen molar-refractivity contribution in [3.8, 4) is 0 Å². The summed E-state index contributed by atoms with van der Waals surface area (Å²) in [6, 6.07) is 18.3. The summed E-state index contributed by atoms with van der Waals surface area (Å²) in [5, 5.41) is 0.835. The van der Waals surface area contributed by atoms with E-state index in [1.807, 2.05) is 36.4 Å². The standard InChI is InChI=1S/C19H15Cl2NO2/c20-15-8-9-17(18(21)11-15)19(23)22(13-16-7-4-10-24-16)12-14-5-2-1-3-6-14/h1-11H,12-13H2. The quantitative estimate of drug-likeness (QED) is 0.608. The molecule has 0 spiro atoms. The summed E-state index contributed by atoms with van der Waals surface area (Å²) in [4.78, 5) is 14.7. The molecule has 0 fully saturated rings. The number of carbonyl (C=O) groups is 1. The third-order valence-corrected chi connectivity index (χ3v) is 4.14. The molecule has 0 bridgehead atoms. The summed E-state index contributed by atoms with van der Waals surface area (Å²) >= 11 is 12.1. The first kappa shape index (κ1) is 16.6. The molecular formula is C19H15Cl2NO2. The second-order valence-corrected chi connectivity index (χ2v) is 6.19. The molecule has 3 rings (SSSR count). The van der Waals surface area contributed by atoms with Crippen molar-refractivity contribution in [1.82, 2.24) is 4.90 Å². The maximum Gasteiger partial charge on any atom is 0.256 e. The van der Waals surface area contributed by atoms with Crippen molar-refractivity contribution >= 4 is 29.1 Å². The second kappa shape index (κ2) is 7.56. The Morgan fingerprint density at radius 3 is 2.42 bits per heavy atom. The molecular weight excluding hydrogens is 345 g/mol. The Labute approximate surface area is 150 Å². The minimum absolute atomic E-state index is 0.170. The zero-order valence-electron chi connectivity index (χ0n) is 12.8. The van der Waals surface area contributed by atoms with Gasteiger partial charge in [0.25, 0.3) is 5.91 Å². The lowest BCUT2D eigenvalue weighted by atomic mass is 10.1. The maximum absolute atomic E-state index is 13.0. The molecule has 1 amide bonds. The number of furan rings is 1. The SMILES string of the molecule is O=C(c1ccc(Cl)cc1Cl)N(Cc1ccccc1)Cc1ccco1. The molecule has 3 aromatic rings. The Hall–Kier alpha value is -2.23. The molecule has 0 radical (unpaired) electrons. The van der Waals surface area contributed by atoms with Crippen LogP contribution in [0.4, 0.5) is 0 Å². The molecule has 0 aliphatic heterocycles. The number of benzene rings is 2. The molecule has 0 aliphatic carbocycles. The first-order valence-electron chi connectivity index (χ1n) is 7.44. The van der Waals surface area contributed by atoms with Crippen molar-refractivity contribution in [3.63, 3.8) is 0 Å². The average Bonchev–Trinajstić information content (AvgIpc) is 3.08. The number of hydrogen-bond donors (Lipinski definition) is 0. The predicted octanol–water partition coefficient (Wildman–Crippen LogP) is 5.43. The van der Waals surface area contributed by atoms with E-state index in [0.29, 0.717) is 34.5 Å². The number of rotatable bonds is 5. The highest BCUT2D eigenvalue weighted by Gasteiger charge is 2.20. The largest absolute Gasteiger partial charge is 0.467 e. The van der Waals surface area contributed by atoms with Crippen LogP contribution < -0.4 is 0 Å². The van der Waals surface area contributed by atoms with E-state index >= 15 is 0 Å². The van der Waals surface area contributed by atoms with E-state index in [1.165, 1.54) is 0 Å². The van der Waals surface area contributed by atoms with Crippen LogP contribution in [0.5, 0.6) is 0 Å². The number of nitrogens with zero attached hydrogens (tertiary/aromatic N) is 1. The van der Waals surface area contributed by atoms with Gasteiger partial charge in [-0.25, -0.2) is 0 Å². The van der Waals surface area contributed by atoms with Crippen LogP contribution in [0.3, 0.4) is 0 Å². The average molecular weight is 360 g/mol. The Morgan fingerprint density at radius 2 is 1.75 bits per heavy atom. The van der Waals surface area contributed by atoms with Gasteiger partial charge in [0.15, 0.2) is 0 Å². The van der Waals surface area contributed by atoms with E-state index in [0.717, 1.165) is 5.56 Å². The molecule has 3 nitrogen and oxygen atoms in total. The van der Waals surface area contributed by atoms with E-state index in [9.17, 15) is 4.79 Å². The van der Waals surface area contributed by atoms with Gasteiger partial charge in [0, 0.05) is 11.6 Å². The fourth-order valence-electron chi connectivity index (χ4n) is 2.43. The van der Waals surface area contributed by atoms with Gasteiger partial charge in [0.1, 0.15) is 5.76 Å². The van der Waals surface area contributed by atoms with Crippen molar-refractivity contribution in [3.05, 3.63) is 93.9 Å². The van der Waals surface area contributed by atoms with Gasteiger partial charge in [0.05, 0.1) is 23.4 Å². The van der Waals surface area contributed by atoms with Crippen LogP contribution in [0.15, 0.2) is 71.3 Å². The molecule has 24 heavy (non-hydrogen) atoms. The van der Waals surface area contributed by atoms with Crippen LogP contribution in [0, 0.1) is 0 Å². The Balaban J connectivity index is 1.89. The van der Waals surface area contributed by atoms with Crippen molar-refractivity contribution in [2.75, 3.05) is 0 Å². The van der Waals surface area contributed by atoms with Gasteiger partial charge in [-0.1, -0.05) is 53.5 Å². The third-order valence-electron chi connectivity index (χ3n) is 3.59. The summed E-state index contributed by atoms with van der Waals surface area (Å²) in [6.45, 7) is 0.818. The second-order valence-electron chi connectivity index (χ2n) is 5.35. The van der Waals surface area contributed by atoms with E-state index in [-0.39, 0.29) is 5.91 Å². The maximum atomic E-state index is 13.0. The summed E-state index contributed by atoms with van der Waals surface area (Å²) in [5.74, 6) is 0.543. The van der Waals surface area contributed by atoms with Crippen LogP contribution in [0.1, 0.15) is 21.7 Å². The molecule has 122 valence electrons. The molecule has 0 N–H and O–H groups in total. The first-order chi connectivity index (χ1) is 11.6. The Bertz CT molecular complexity index is 817. The lowest BCUT2D eigenvalue weighted by molar-refractivity contribution is 0.0718. The summed E-state index contributed by atoms with van der Waals surface area (Å²) < 4.78 is 5.39. The molecule has 0 aliphatic rings. The molecule has 1 heterocycles. The number of amides is 1. The molecule has 0 unspecified atom stereocenters. The monoisotopic (exact) mass is 359 g/mol. The van der Waals surface area contributed by atoms with Gasteiger partial charge in [-0.05, 0) is 35.9 Å². The van der Waals surface area contributed by atoms with Gasteiger partial charge in [-0.15, -0.1) is 0 Å². The fourth-order valence-corrected chi connectivity index (χ4v) is 2.92. The molecule has 0 saturated heterocycles. The summed E-state index contributed by atoms with van der Waals surface area (Å²) in [7, 11) is 0. The van der Waals surface area contributed by atoms with Gasteiger partial charge >= 0.3 is 0 Å². The lowest BCUT2D eigenvalue weighted by Crippen LogP contribution is -2.30. The highest BCUT2D eigenvalue weighted by atomic mass is 35.5. The Kier molecular flexibility index (Phi) is 5.24. The van der Waals surface area contributed by atoms with Crippen LogP contribution >= 0.6 is 23.2 Å². The number of hydrogen-bond acceptors (Lipinski definition) is 2. The molecule has 0 saturated carbocycles. The smallest absolute Gasteiger partial charge is 0.256 e. The zero-order valence-corrected chi connectivity index (χ0v) is 14.3. The fraction of sp³-hybridized carbons (Fsp3) is 0.105. The highest BCUT2D eigenvalue weighted by Crippen LogP contribution is 2.24. The molecule has 1 aromatic heterocycles. The van der Waals surface area contributed by atoms with E-state index in [4.69, 9.17) is 27.6 Å². The third kappa shape index (κ3) is 3.99. The summed E-state index contributed by atoms with van der Waals surface area (Å²) in [5.41, 5.74) is 1.45. The normalized spacial score (nSPS) is 10.6. The first-order valence-corrected chi connectivity index (χ1v) is 8.20. The molecule has 2 aromatic carbocycles. The van der Waals surface area contributed by atoms with Crippen molar-refractivity contribution in [2.24, 2.45) is 0 Å². The predicted molar refractivity (Wildman–Crippen MR) is 95.2 cm³/mol. The van der Waals surface area contributed by atoms with E-state index in [2.05, 4.69) is 0 Å². The van der Waals surface area contributed by atoms with E-state index in [1.54, 1.807) is 35.4 Å². The highest BCUT2D eigenvalue weighted by molar-refractivity contribution is 6.36. The number of halogens is 2. The molecule has 0 atom stereocenters. The number of carbonyl (C=O) groups excluding carboxylic acids is 1. The molecule has 5 heteroatoms. The van der Waals surface area contributed by atoms with Crippen molar-refractivity contribution in [2.45, 2.75) is 13.1 Å².